The molecule has 2 nitrogen and oxygen atoms in total. The van der Waals surface area contributed by atoms with Crippen LogP contribution in [0.4, 0.5) is 34.1 Å². The van der Waals surface area contributed by atoms with Gasteiger partial charge in [0.25, 0.3) is 0 Å². The van der Waals surface area contributed by atoms with E-state index in [2.05, 4.69) is 308 Å². The minimum Gasteiger partial charge on any atom is -0.310 e. The van der Waals surface area contributed by atoms with E-state index in [0.29, 0.717) is 0 Å². The smallest absolute Gasteiger partial charge is 0.0468 e. The maximum Gasteiger partial charge on any atom is 0.0468 e. The van der Waals surface area contributed by atoms with Gasteiger partial charge in [-0.1, -0.05) is 198 Å². The lowest BCUT2D eigenvalue weighted by Crippen LogP contribution is -2.17. The molecule has 0 saturated heterocycles. The van der Waals surface area contributed by atoms with Crippen molar-refractivity contribution in [2.45, 2.75) is 66.2 Å². The van der Waals surface area contributed by atoms with Gasteiger partial charge >= 0.3 is 0 Å². The second-order valence-electron chi connectivity index (χ2n) is 23.1. The Bertz CT molecular complexity index is 3940. The standard InChI is InChI=1S/C76H64N2/c1-49-37-50(2)40-65(39-49)77(61-29-27-57-13-9-11-15-59(57)45-61)63-31-35-69-67-33-25-55(43-71(67)75(5,6)73(69)47-63)23-21-53-17-19-54(20-18-53)22-24-56-26-34-68-70-36-32-64(48-74(70)76(7,8)72(68)44-56)78(66-41-51(3)38-52(4)42-66)62-30-28-58-14-10-12-16-60(58)46-62/h9-48H,1-8H3/b23-21+,24-22+. The van der Waals surface area contributed by atoms with Gasteiger partial charge in [0, 0.05) is 45.0 Å². The molecule has 13 rings (SSSR count). The number of fused-ring (bicyclic) bond motifs is 8. The van der Waals surface area contributed by atoms with Gasteiger partial charge in [-0.3, -0.25) is 0 Å². The predicted molar refractivity (Wildman–Crippen MR) is 336 cm³/mol. The second kappa shape index (κ2) is 18.9. The zero-order valence-electron chi connectivity index (χ0n) is 46.0. The number of nitrogens with zero attached hydrogens (tertiary/aromatic N) is 2. The van der Waals surface area contributed by atoms with E-state index in [1.54, 1.807) is 0 Å². The van der Waals surface area contributed by atoms with Crippen LogP contribution in [0.5, 0.6) is 0 Å². The van der Waals surface area contributed by atoms with Crippen LogP contribution in [-0.2, 0) is 10.8 Å². The van der Waals surface area contributed by atoms with Gasteiger partial charge in [0.2, 0.25) is 0 Å². The molecule has 11 aromatic carbocycles. The molecule has 0 amide bonds. The number of hydrogen-bond donors (Lipinski definition) is 0. The quantitative estimate of drug-likeness (QED) is 0.126. The average Bonchev–Trinajstić information content (AvgIpc) is 3.80. The first kappa shape index (κ1) is 48.6. The van der Waals surface area contributed by atoms with E-state index in [0.717, 1.165) is 11.4 Å². The average molecular weight is 1010 g/mol. The van der Waals surface area contributed by atoms with E-state index in [1.165, 1.54) is 133 Å². The molecule has 0 atom stereocenters. The molecule has 0 radical (unpaired) electrons. The van der Waals surface area contributed by atoms with E-state index in [4.69, 9.17) is 0 Å². The Kier molecular flexibility index (Phi) is 11.8. The molecule has 0 bridgehead atoms. The first-order chi connectivity index (χ1) is 37.7. The maximum atomic E-state index is 2.43. The van der Waals surface area contributed by atoms with Crippen LogP contribution in [0.1, 0.15) is 94.5 Å². The molecule has 2 aliphatic carbocycles. The topological polar surface area (TPSA) is 6.48 Å². The molecular formula is C76H64N2. The maximum absolute atomic E-state index is 2.43. The van der Waals surface area contributed by atoms with Crippen molar-refractivity contribution in [2.24, 2.45) is 0 Å². The van der Waals surface area contributed by atoms with Crippen molar-refractivity contribution in [2.75, 3.05) is 9.80 Å². The molecule has 378 valence electrons. The highest BCUT2D eigenvalue weighted by atomic mass is 15.1. The van der Waals surface area contributed by atoms with Gasteiger partial charge in [0.15, 0.2) is 0 Å². The Morgan fingerprint density at radius 2 is 0.551 bits per heavy atom. The zero-order chi connectivity index (χ0) is 53.5. The molecular weight excluding hydrogens is 941 g/mol. The normalized spacial score (nSPS) is 13.7. The fourth-order valence-corrected chi connectivity index (χ4v) is 12.8. The molecule has 0 aliphatic heterocycles. The van der Waals surface area contributed by atoms with Crippen LogP contribution >= 0.6 is 0 Å². The third-order valence-corrected chi connectivity index (χ3v) is 16.7. The first-order valence-electron chi connectivity index (χ1n) is 27.5. The van der Waals surface area contributed by atoms with E-state index in [-0.39, 0.29) is 10.8 Å². The molecule has 0 saturated carbocycles. The van der Waals surface area contributed by atoms with Gasteiger partial charge in [-0.25, -0.2) is 0 Å². The highest BCUT2D eigenvalue weighted by molar-refractivity contribution is 5.93. The molecule has 0 N–H and O–H groups in total. The molecule has 0 aromatic heterocycles. The van der Waals surface area contributed by atoms with Gasteiger partial charge in [0.05, 0.1) is 0 Å². The van der Waals surface area contributed by atoms with E-state index < -0.39 is 0 Å². The van der Waals surface area contributed by atoms with Crippen molar-refractivity contribution < 1.29 is 0 Å². The van der Waals surface area contributed by atoms with Crippen molar-refractivity contribution in [1.29, 1.82) is 0 Å². The third-order valence-electron chi connectivity index (χ3n) is 16.7. The van der Waals surface area contributed by atoms with E-state index in [1.807, 2.05) is 0 Å². The Balaban J connectivity index is 0.727. The van der Waals surface area contributed by atoms with Crippen LogP contribution in [0.25, 0.3) is 68.1 Å². The van der Waals surface area contributed by atoms with Gasteiger partial charge in [-0.15, -0.1) is 0 Å². The zero-order valence-corrected chi connectivity index (χ0v) is 46.0. The second-order valence-corrected chi connectivity index (χ2v) is 23.1. The Labute approximate surface area is 460 Å². The van der Waals surface area contributed by atoms with Crippen molar-refractivity contribution in [3.05, 3.63) is 285 Å². The van der Waals surface area contributed by atoms with Crippen molar-refractivity contribution in [3.63, 3.8) is 0 Å². The van der Waals surface area contributed by atoms with Crippen LogP contribution in [0.15, 0.2) is 218 Å². The molecule has 11 aromatic rings. The summed E-state index contributed by atoms with van der Waals surface area (Å²) in [4.78, 5) is 4.86. The molecule has 0 fully saturated rings. The molecule has 0 heterocycles. The summed E-state index contributed by atoms with van der Waals surface area (Å²) in [6, 6.07) is 81.6. The Morgan fingerprint density at radius 1 is 0.256 bits per heavy atom. The molecule has 2 aliphatic rings. The van der Waals surface area contributed by atoms with E-state index >= 15 is 0 Å². The number of anilines is 6. The molecule has 0 spiro atoms. The van der Waals surface area contributed by atoms with Crippen molar-refractivity contribution in [3.8, 4) is 22.3 Å². The number of hydrogen-bond acceptors (Lipinski definition) is 2. The van der Waals surface area contributed by atoms with Crippen molar-refractivity contribution >= 4 is 80.0 Å². The minimum atomic E-state index is -0.180. The van der Waals surface area contributed by atoms with Crippen LogP contribution in [0, 0.1) is 27.7 Å². The SMILES string of the molecule is Cc1cc(C)cc(N(c2ccc3c(c2)C(C)(C)c2cc(/C=C/c4ccc(/C=C/c5ccc6c(c5)C(C)(C)c5cc(N(c7cc(C)cc(C)c7)c7ccc8ccccc8c7)ccc5-6)cc4)ccc2-3)c2ccc3ccccc3c2)c1. The summed E-state index contributed by atoms with van der Waals surface area (Å²) in [5, 5.41) is 4.96. The minimum absolute atomic E-state index is 0.180. The summed E-state index contributed by atoms with van der Waals surface area (Å²) in [6.07, 6.45) is 8.99. The van der Waals surface area contributed by atoms with Gasteiger partial charge < -0.3 is 9.80 Å². The number of aryl methyl sites for hydroxylation is 4. The lowest BCUT2D eigenvalue weighted by Gasteiger charge is -2.29. The summed E-state index contributed by atoms with van der Waals surface area (Å²) in [5.41, 5.74) is 27.1. The lowest BCUT2D eigenvalue weighted by molar-refractivity contribution is 0.660. The third kappa shape index (κ3) is 8.72. The Hall–Kier alpha value is -8.98. The fraction of sp³-hybridized carbons (Fsp3) is 0.132. The largest absolute Gasteiger partial charge is 0.310 e. The van der Waals surface area contributed by atoms with Crippen molar-refractivity contribution in [1.82, 2.24) is 0 Å². The summed E-state index contributed by atoms with van der Waals surface area (Å²) in [7, 11) is 0. The lowest BCUT2D eigenvalue weighted by atomic mass is 9.81. The number of rotatable bonds is 10. The monoisotopic (exact) mass is 1000 g/mol. The van der Waals surface area contributed by atoms with Gasteiger partial charge in [-0.05, 0) is 211 Å². The van der Waals surface area contributed by atoms with Gasteiger partial charge in [-0.2, -0.15) is 0 Å². The molecule has 2 heteroatoms. The van der Waals surface area contributed by atoms with Crippen LogP contribution < -0.4 is 9.80 Å². The Morgan fingerprint density at radius 3 is 0.936 bits per heavy atom. The summed E-state index contributed by atoms with van der Waals surface area (Å²) in [6.45, 7) is 18.3. The van der Waals surface area contributed by atoms with Crippen LogP contribution in [0.2, 0.25) is 0 Å². The van der Waals surface area contributed by atoms with Crippen LogP contribution in [0.3, 0.4) is 0 Å². The summed E-state index contributed by atoms with van der Waals surface area (Å²) < 4.78 is 0. The predicted octanol–water partition coefficient (Wildman–Crippen LogP) is 21.1. The molecule has 0 unspecified atom stereocenters. The highest BCUT2D eigenvalue weighted by Crippen LogP contribution is 2.53. The first-order valence-corrected chi connectivity index (χ1v) is 27.5. The van der Waals surface area contributed by atoms with Crippen LogP contribution in [-0.4, -0.2) is 0 Å². The fourth-order valence-electron chi connectivity index (χ4n) is 12.8. The summed E-state index contributed by atoms with van der Waals surface area (Å²) >= 11 is 0. The summed E-state index contributed by atoms with van der Waals surface area (Å²) in [5.74, 6) is 0. The van der Waals surface area contributed by atoms with E-state index in [9.17, 15) is 0 Å². The van der Waals surface area contributed by atoms with Gasteiger partial charge in [0.1, 0.15) is 0 Å². The molecule has 78 heavy (non-hydrogen) atoms. The number of benzene rings is 11. The highest BCUT2D eigenvalue weighted by Gasteiger charge is 2.38.